The second kappa shape index (κ2) is 12.5. The molecule has 0 unspecified atom stereocenters. The number of benzene rings is 2. The van der Waals surface area contributed by atoms with Crippen LogP contribution in [0.15, 0.2) is 36.4 Å². The van der Waals surface area contributed by atoms with Gasteiger partial charge in [-0.3, -0.25) is 9.80 Å². The Hall–Kier alpha value is -2.72. The van der Waals surface area contributed by atoms with Crippen molar-refractivity contribution in [1.29, 1.82) is 0 Å². The van der Waals surface area contributed by atoms with Crippen molar-refractivity contribution in [2.24, 2.45) is 0 Å². The molecule has 0 aromatic heterocycles. The highest BCUT2D eigenvalue weighted by molar-refractivity contribution is 6.17. The Labute approximate surface area is 253 Å². The summed E-state index contributed by atoms with van der Waals surface area (Å²) >= 11 is 11.5. The maximum Gasteiger partial charge on any atom is 0.410 e. The van der Waals surface area contributed by atoms with E-state index in [1.807, 2.05) is 0 Å². The van der Waals surface area contributed by atoms with Crippen LogP contribution in [0.25, 0.3) is 0 Å². The molecule has 0 aliphatic carbocycles. The number of amides is 2. The van der Waals surface area contributed by atoms with Crippen molar-refractivity contribution in [3.05, 3.63) is 69.8 Å². The number of ether oxygens (including phenoxy) is 2. The molecule has 6 nitrogen and oxygen atoms in total. The molecule has 0 fully saturated rings. The average molecular weight is 636 g/mol. The van der Waals surface area contributed by atoms with E-state index in [0.717, 1.165) is 20.9 Å². The van der Waals surface area contributed by atoms with Gasteiger partial charge >= 0.3 is 12.2 Å². The van der Waals surface area contributed by atoms with Gasteiger partial charge in [-0.1, -0.05) is 36.4 Å². The van der Waals surface area contributed by atoms with Crippen molar-refractivity contribution < 1.29 is 36.6 Å². The van der Waals surface area contributed by atoms with E-state index in [1.54, 1.807) is 65.8 Å². The lowest BCUT2D eigenvalue weighted by Gasteiger charge is -2.35. The van der Waals surface area contributed by atoms with Crippen LogP contribution in [0, 0.1) is 0 Å². The summed E-state index contributed by atoms with van der Waals surface area (Å²) in [5.74, 6) is -5.69. The lowest BCUT2D eigenvalue weighted by Crippen LogP contribution is -2.45. The van der Waals surface area contributed by atoms with Crippen molar-refractivity contribution in [1.82, 2.24) is 9.80 Å². The van der Waals surface area contributed by atoms with E-state index in [4.69, 9.17) is 32.7 Å². The predicted molar refractivity (Wildman–Crippen MR) is 153 cm³/mol. The predicted octanol–water partition coefficient (Wildman–Crippen LogP) is 8.54. The van der Waals surface area contributed by atoms with Gasteiger partial charge in [0.05, 0.1) is 13.1 Å². The summed E-state index contributed by atoms with van der Waals surface area (Å²) in [6.07, 6.45) is -1.46. The fraction of sp³-hybridized carbons (Fsp3) is 0.533. The molecule has 4 rings (SSSR count). The van der Waals surface area contributed by atoms with E-state index >= 15 is 0 Å². The largest absolute Gasteiger partial charge is 0.444 e. The molecule has 0 saturated carbocycles. The quantitative estimate of drug-likeness (QED) is 0.245. The molecule has 0 radical (unpaired) electrons. The third-order valence-corrected chi connectivity index (χ3v) is 6.86. The molecule has 42 heavy (non-hydrogen) atoms. The van der Waals surface area contributed by atoms with Gasteiger partial charge in [0.2, 0.25) is 0 Å². The maximum absolute atomic E-state index is 14.2. The number of fused-ring (bicyclic) bond motifs is 2. The molecule has 2 aromatic rings. The summed E-state index contributed by atoms with van der Waals surface area (Å²) in [5, 5.41) is 0. The number of nitrogens with zero attached hydrogens (tertiary/aromatic N) is 2. The van der Waals surface area contributed by atoms with Crippen molar-refractivity contribution in [3.8, 4) is 0 Å². The summed E-state index contributed by atoms with van der Waals surface area (Å²) in [7, 11) is 0. The van der Waals surface area contributed by atoms with E-state index in [1.165, 1.54) is 12.1 Å². The maximum atomic E-state index is 14.2. The topological polar surface area (TPSA) is 59.1 Å². The fourth-order valence-corrected chi connectivity index (χ4v) is 4.85. The number of hydrogen-bond donors (Lipinski definition) is 0. The van der Waals surface area contributed by atoms with Gasteiger partial charge in [-0.2, -0.15) is 17.6 Å². The Balaban J connectivity index is 0.000000230. The van der Waals surface area contributed by atoms with Crippen LogP contribution in [0.4, 0.5) is 27.2 Å². The van der Waals surface area contributed by atoms with Crippen LogP contribution < -0.4 is 0 Å². The number of hydrogen-bond acceptors (Lipinski definition) is 4. The standard InChI is InChI=1S/2C15H18ClF2NO2/c2*1-14(2,3)21-13(20)19-8-11-6-10(7-16)4-5-12(11)15(17,18)9-19/h2*4-6H,7-9H2,1-3H3. The zero-order valence-electron chi connectivity index (χ0n) is 24.5. The molecule has 2 aromatic carbocycles. The molecule has 0 atom stereocenters. The minimum atomic E-state index is -3.09. The van der Waals surface area contributed by atoms with Crippen LogP contribution in [-0.2, 0) is 46.2 Å². The molecule has 0 bridgehead atoms. The fourth-order valence-electron chi connectivity index (χ4n) is 4.52. The van der Waals surface area contributed by atoms with E-state index < -0.39 is 48.3 Å². The first-order valence-electron chi connectivity index (χ1n) is 13.3. The molecule has 0 spiro atoms. The van der Waals surface area contributed by atoms with Crippen LogP contribution >= 0.6 is 23.2 Å². The normalized spacial score (nSPS) is 17.3. The van der Waals surface area contributed by atoms with Crippen molar-refractivity contribution in [2.45, 2.75) is 89.4 Å². The first-order chi connectivity index (χ1) is 19.2. The Kier molecular flexibility index (Phi) is 10.0. The summed E-state index contributed by atoms with van der Waals surface area (Å²) in [4.78, 5) is 26.1. The van der Waals surface area contributed by atoms with E-state index in [2.05, 4.69) is 0 Å². The second-order valence-corrected chi connectivity index (χ2v) is 12.9. The van der Waals surface area contributed by atoms with E-state index in [9.17, 15) is 27.2 Å². The van der Waals surface area contributed by atoms with Gasteiger partial charge in [0.25, 0.3) is 11.8 Å². The highest BCUT2D eigenvalue weighted by Crippen LogP contribution is 2.39. The minimum absolute atomic E-state index is 0.0452. The van der Waals surface area contributed by atoms with Gasteiger partial charge < -0.3 is 9.47 Å². The van der Waals surface area contributed by atoms with Crippen LogP contribution in [0.1, 0.15) is 74.9 Å². The van der Waals surface area contributed by atoms with Crippen LogP contribution in [0.3, 0.4) is 0 Å². The van der Waals surface area contributed by atoms with Crippen molar-refractivity contribution >= 4 is 35.4 Å². The first kappa shape index (κ1) is 33.8. The number of carbonyl (C=O) groups excluding carboxylic acids is 2. The van der Waals surface area contributed by atoms with Crippen LogP contribution in [0.5, 0.6) is 0 Å². The molecular formula is C30H36Cl2F4N2O4. The van der Waals surface area contributed by atoms with Crippen LogP contribution in [-0.4, -0.2) is 46.3 Å². The van der Waals surface area contributed by atoms with Crippen molar-refractivity contribution in [3.63, 3.8) is 0 Å². The monoisotopic (exact) mass is 634 g/mol. The van der Waals surface area contributed by atoms with Gasteiger partial charge in [-0.05, 0) is 63.8 Å². The molecule has 2 aliphatic rings. The Morgan fingerprint density at radius 3 is 1.33 bits per heavy atom. The third kappa shape index (κ3) is 8.66. The molecule has 12 heteroatoms. The van der Waals surface area contributed by atoms with Crippen LogP contribution in [0.2, 0.25) is 0 Å². The molecule has 2 heterocycles. The molecular weight excluding hydrogens is 599 g/mol. The van der Waals surface area contributed by atoms with Gasteiger partial charge in [-0.25, -0.2) is 9.59 Å². The Morgan fingerprint density at radius 1 is 0.714 bits per heavy atom. The lowest BCUT2D eigenvalue weighted by molar-refractivity contribution is -0.0591. The lowest BCUT2D eigenvalue weighted by atomic mass is 9.95. The summed E-state index contributed by atoms with van der Waals surface area (Å²) < 4.78 is 67.1. The second-order valence-electron chi connectivity index (χ2n) is 12.3. The zero-order chi connectivity index (χ0) is 31.7. The zero-order valence-corrected chi connectivity index (χ0v) is 26.0. The summed E-state index contributed by atoms with van der Waals surface area (Å²) in [5.41, 5.74) is 0.794. The van der Waals surface area contributed by atoms with E-state index in [-0.39, 0.29) is 36.0 Å². The van der Waals surface area contributed by atoms with E-state index in [0.29, 0.717) is 11.1 Å². The molecule has 0 N–H and O–H groups in total. The highest BCUT2D eigenvalue weighted by atomic mass is 35.5. The Bertz CT molecular complexity index is 1210. The number of alkyl halides is 6. The summed E-state index contributed by atoms with van der Waals surface area (Å²) in [6, 6.07) is 9.18. The smallest absolute Gasteiger partial charge is 0.410 e. The minimum Gasteiger partial charge on any atom is -0.444 e. The molecule has 232 valence electrons. The Morgan fingerprint density at radius 2 is 1.05 bits per heavy atom. The van der Waals surface area contributed by atoms with Gasteiger partial charge in [0, 0.05) is 36.0 Å². The molecule has 0 saturated heterocycles. The van der Waals surface area contributed by atoms with Gasteiger partial charge in [-0.15, -0.1) is 23.2 Å². The van der Waals surface area contributed by atoms with Crippen molar-refractivity contribution in [2.75, 3.05) is 13.1 Å². The molecule has 2 amide bonds. The third-order valence-electron chi connectivity index (χ3n) is 6.24. The highest BCUT2D eigenvalue weighted by Gasteiger charge is 2.44. The van der Waals surface area contributed by atoms with Gasteiger partial charge in [0.15, 0.2) is 0 Å². The average Bonchev–Trinajstić information content (AvgIpc) is 2.85. The van der Waals surface area contributed by atoms with Gasteiger partial charge in [0.1, 0.15) is 11.2 Å². The number of halogens is 6. The SMILES string of the molecule is CC(C)(C)OC(=O)N1Cc2cc(CCl)ccc2C(F)(F)C1.CC(C)(C)OC(=O)N1Cc2cc(CCl)ccc2C(F)(F)C1. The summed E-state index contributed by atoms with van der Waals surface area (Å²) in [6.45, 7) is 9.07. The number of carbonyl (C=O) groups is 2. The number of rotatable bonds is 2. The molecule has 2 aliphatic heterocycles. The first-order valence-corrected chi connectivity index (χ1v) is 14.4.